The summed E-state index contributed by atoms with van der Waals surface area (Å²) in [5, 5.41) is 2.72. The van der Waals surface area contributed by atoms with Crippen molar-refractivity contribution in [3.8, 4) is 0 Å². The molecule has 0 radical (unpaired) electrons. The lowest BCUT2D eigenvalue weighted by atomic mass is 9.97. The number of carbonyl (C=O) groups excluding carboxylic acids is 2. The van der Waals surface area contributed by atoms with Crippen LogP contribution in [0.4, 0.5) is 0 Å². The molecule has 1 unspecified atom stereocenters. The molecule has 1 N–H and O–H groups in total. The number of nitrogens with one attached hydrogen (secondary N) is 1. The molecule has 1 aliphatic heterocycles. The van der Waals surface area contributed by atoms with Gasteiger partial charge in [0.2, 0.25) is 11.8 Å². The third kappa shape index (κ3) is 3.45. The lowest BCUT2D eigenvalue weighted by Gasteiger charge is -2.40. The Kier molecular flexibility index (Phi) is 4.17. The summed E-state index contributed by atoms with van der Waals surface area (Å²) in [5.74, 6) is 0.582. The summed E-state index contributed by atoms with van der Waals surface area (Å²) < 4.78 is 0. The van der Waals surface area contributed by atoms with E-state index in [0.29, 0.717) is 5.92 Å². The first-order chi connectivity index (χ1) is 7.74. The van der Waals surface area contributed by atoms with E-state index in [1.54, 1.807) is 18.7 Å². The van der Waals surface area contributed by atoms with Crippen LogP contribution in [0.3, 0.4) is 0 Å². The van der Waals surface area contributed by atoms with Gasteiger partial charge in [-0.05, 0) is 39.5 Å². The Balaban J connectivity index is 2.68. The summed E-state index contributed by atoms with van der Waals surface area (Å²) in [5.41, 5.74) is -0.762. The Morgan fingerprint density at radius 1 is 1.24 bits per heavy atom. The van der Waals surface area contributed by atoms with Gasteiger partial charge in [-0.3, -0.25) is 9.59 Å². The van der Waals surface area contributed by atoms with Crippen LogP contribution in [0.1, 0.15) is 47.5 Å². The lowest BCUT2D eigenvalue weighted by Crippen LogP contribution is -2.65. The second-order valence-electron chi connectivity index (χ2n) is 5.93. The van der Waals surface area contributed by atoms with Crippen LogP contribution in [0.25, 0.3) is 0 Å². The molecule has 0 aromatic heterocycles. The molecule has 17 heavy (non-hydrogen) atoms. The molecule has 1 rings (SSSR count). The van der Waals surface area contributed by atoms with Gasteiger partial charge in [0.15, 0.2) is 0 Å². The summed E-state index contributed by atoms with van der Waals surface area (Å²) in [6.45, 7) is 10.1. The second kappa shape index (κ2) is 5.07. The van der Waals surface area contributed by atoms with Gasteiger partial charge in [0.25, 0.3) is 0 Å². The fraction of sp³-hybridized carbons (Fsp3) is 0.846. The van der Waals surface area contributed by atoms with Crippen molar-refractivity contribution < 1.29 is 9.59 Å². The topological polar surface area (TPSA) is 49.4 Å². The Labute approximate surface area is 104 Å². The molecule has 4 heteroatoms. The predicted molar refractivity (Wildman–Crippen MR) is 67.5 cm³/mol. The van der Waals surface area contributed by atoms with Gasteiger partial charge >= 0.3 is 0 Å². The minimum Gasteiger partial charge on any atom is -0.341 e. The van der Waals surface area contributed by atoms with E-state index >= 15 is 0 Å². The summed E-state index contributed by atoms with van der Waals surface area (Å²) in [4.78, 5) is 25.5. The van der Waals surface area contributed by atoms with Crippen molar-refractivity contribution in [2.75, 3.05) is 6.54 Å². The molecule has 1 aliphatic rings. The minimum atomic E-state index is -0.762. The molecule has 4 nitrogen and oxygen atoms in total. The monoisotopic (exact) mass is 240 g/mol. The third-order valence-electron chi connectivity index (χ3n) is 3.26. The van der Waals surface area contributed by atoms with Crippen molar-refractivity contribution in [3.63, 3.8) is 0 Å². The standard InChI is InChI=1S/C13H24N2O2/c1-9(2)6-7-10(3)15-8-11(16)14-13(4,5)12(15)17/h9-10H,6-8H2,1-5H3,(H,14,16). The fourth-order valence-electron chi connectivity index (χ4n) is 2.11. The predicted octanol–water partition coefficient (Wildman–Crippen LogP) is 1.55. The minimum absolute atomic E-state index is 0.0216. The summed E-state index contributed by atoms with van der Waals surface area (Å²) in [7, 11) is 0. The second-order valence-corrected chi connectivity index (χ2v) is 5.93. The molecular weight excluding hydrogens is 216 g/mol. The van der Waals surface area contributed by atoms with Crippen LogP contribution < -0.4 is 5.32 Å². The van der Waals surface area contributed by atoms with Crippen LogP contribution in [-0.2, 0) is 9.59 Å². The maximum Gasteiger partial charge on any atom is 0.248 e. The zero-order chi connectivity index (χ0) is 13.2. The third-order valence-corrected chi connectivity index (χ3v) is 3.26. The molecule has 0 aromatic carbocycles. The largest absolute Gasteiger partial charge is 0.341 e. The van der Waals surface area contributed by atoms with Crippen LogP contribution in [0.2, 0.25) is 0 Å². The summed E-state index contributed by atoms with van der Waals surface area (Å²) >= 11 is 0. The number of hydrogen-bond acceptors (Lipinski definition) is 2. The number of piperazine rings is 1. The molecule has 0 bridgehead atoms. The van der Waals surface area contributed by atoms with Crippen LogP contribution in [0.15, 0.2) is 0 Å². The molecular formula is C13H24N2O2. The first kappa shape index (κ1) is 14.0. The van der Waals surface area contributed by atoms with E-state index in [2.05, 4.69) is 19.2 Å². The smallest absolute Gasteiger partial charge is 0.248 e. The molecule has 0 spiro atoms. The van der Waals surface area contributed by atoms with Gasteiger partial charge in [-0.2, -0.15) is 0 Å². The highest BCUT2D eigenvalue weighted by molar-refractivity contribution is 5.97. The van der Waals surface area contributed by atoms with Crippen LogP contribution >= 0.6 is 0 Å². The Hall–Kier alpha value is -1.06. The van der Waals surface area contributed by atoms with Crippen molar-refractivity contribution in [2.45, 2.75) is 59.0 Å². The zero-order valence-electron chi connectivity index (χ0n) is 11.5. The van der Waals surface area contributed by atoms with E-state index in [0.717, 1.165) is 12.8 Å². The van der Waals surface area contributed by atoms with Gasteiger partial charge in [-0.1, -0.05) is 13.8 Å². The fourth-order valence-corrected chi connectivity index (χ4v) is 2.11. The number of amides is 2. The summed E-state index contributed by atoms with van der Waals surface area (Å²) in [6, 6.07) is 0.134. The Morgan fingerprint density at radius 2 is 1.82 bits per heavy atom. The Bertz CT molecular complexity index is 311. The van der Waals surface area contributed by atoms with E-state index in [1.807, 2.05) is 6.92 Å². The van der Waals surface area contributed by atoms with E-state index < -0.39 is 5.54 Å². The van der Waals surface area contributed by atoms with Gasteiger partial charge < -0.3 is 10.2 Å². The maximum absolute atomic E-state index is 12.2. The highest BCUT2D eigenvalue weighted by Gasteiger charge is 2.40. The first-order valence-electron chi connectivity index (χ1n) is 6.36. The van der Waals surface area contributed by atoms with Crippen LogP contribution in [0.5, 0.6) is 0 Å². The van der Waals surface area contributed by atoms with Gasteiger partial charge in [0.05, 0.1) is 6.54 Å². The van der Waals surface area contributed by atoms with E-state index in [-0.39, 0.29) is 24.4 Å². The van der Waals surface area contributed by atoms with Crippen molar-refractivity contribution in [1.82, 2.24) is 10.2 Å². The molecule has 98 valence electrons. The SMILES string of the molecule is CC(C)CCC(C)N1CC(=O)NC(C)(C)C1=O. The molecule has 1 fully saturated rings. The average Bonchev–Trinajstić information content (AvgIpc) is 2.19. The average molecular weight is 240 g/mol. The first-order valence-corrected chi connectivity index (χ1v) is 6.36. The molecule has 0 aromatic rings. The van der Waals surface area contributed by atoms with Crippen LogP contribution in [0, 0.1) is 5.92 Å². The quantitative estimate of drug-likeness (QED) is 0.810. The highest BCUT2D eigenvalue weighted by Crippen LogP contribution is 2.19. The zero-order valence-corrected chi connectivity index (χ0v) is 11.5. The molecule has 1 heterocycles. The highest BCUT2D eigenvalue weighted by atomic mass is 16.2. The number of carbonyl (C=O) groups is 2. The van der Waals surface area contributed by atoms with Crippen molar-refractivity contribution in [1.29, 1.82) is 0 Å². The number of nitrogens with zero attached hydrogens (tertiary/aromatic N) is 1. The molecule has 0 aliphatic carbocycles. The Morgan fingerprint density at radius 3 is 2.35 bits per heavy atom. The lowest BCUT2D eigenvalue weighted by molar-refractivity contribution is -0.150. The molecule has 1 atom stereocenters. The van der Waals surface area contributed by atoms with Gasteiger partial charge in [0, 0.05) is 6.04 Å². The molecule has 2 amide bonds. The normalized spacial score (nSPS) is 21.6. The van der Waals surface area contributed by atoms with Crippen LogP contribution in [-0.4, -0.2) is 34.8 Å². The summed E-state index contributed by atoms with van der Waals surface area (Å²) in [6.07, 6.45) is 2.03. The van der Waals surface area contributed by atoms with Gasteiger partial charge in [0.1, 0.15) is 5.54 Å². The van der Waals surface area contributed by atoms with E-state index in [1.165, 1.54) is 0 Å². The van der Waals surface area contributed by atoms with Crippen molar-refractivity contribution in [2.24, 2.45) is 5.92 Å². The van der Waals surface area contributed by atoms with Crippen molar-refractivity contribution >= 4 is 11.8 Å². The molecule has 0 saturated carbocycles. The molecule has 1 saturated heterocycles. The van der Waals surface area contributed by atoms with E-state index in [4.69, 9.17) is 0 Å². The van der Waals surface area contributed by atoms with E-state index in [9.17, 15) is 9.59 Å². The van der Waals surface area contributed by atoms with Gasteiger partial charge in [-0.25, -0.2) is 0 Å². The number of hydrogen-bond donors (Lipinski definition) is 1. The van der Waals surface area contributed by atoms with Crippen molar-refractivity contribution in [3.05, 3.63) is 0 Å². The maximum atomic E-state index is 12.2. The van der Waals surface area contributed by atoms with Gasteiger partial charge in [-0.15, -0.1) is 0 Å². The number of rotatable bonds is 4.